The van der Waals surface area contributed by atoms with E-state index in [0.29, 0.717) is 0 Å². The van der Waals surface area contributed by atoms with Crippen molar-refractivity contribution < 1.29 is 24.6 Å². The van der Waals surface area contributed by atoms with Crippen molar-refractivity contribution in [2.75, 3.05) is 0 Å². The summed E-state index contributed by atoms with van der Waals surface area (Å²) in [5.74, 6) is -2.64. The third kappa shape index (κ3) is 7.48. The Morgan fingerprint density at radius 1 is 1.17 bits per heavy atom. The minimum absolute atomic E-state index is 0.0794. The maximum Gasteiger partial charge on any atom is 0.326 e. The van der Waals surface area contributed by atoms with Gasteiger partial charge in [0, 0.05) is 6.04 Å². The Bertz CT molecular complexity index is 306. The molecule has 0 aliphatic heterocycles. The maximum atomic E-state index is 11.4. The van der Waals surface area contributed by atoms with E-state index in [1.54, 1.807) is 0 Å². The van der Waals surface area contributed by atoms with Crippen molar-refractivity contribution in [3.63, 3.8) is 0 Å². The number of unbranched alkanes of at least 4 members (excludes halogenated alkanes) is 1. The molecule has 0 saturated heterocycles. The van der Waals surface area contributed by atoms with Crippen molar-refractivity contribution >= 4 is 18.0 Å². The van der Waals surface area contributed by atoms with Gasteiger partial charge in [-0.15, -0.1) is 0 Å². The van der Waals surface area contributed by atoms with E-state index in [1.165, 1.54) is 0 Å². The second kappa shape index (κ2) is 8.32. The molecule has 2 amide bonds. The summed E-state index contributed by atoms with van der Waals surface area (Å²) in [7, 11) is 0. The number of hydrogen-bond donors (Lipinski definition) is 4. The summed E-state index contributed by atoms with van der Waals surface area (Å²) in [6.07, 6.45) is 2.11. The highest BCUT2D eigenvalue weighted by Crippen LogP contribution is 1.99. The SMILES string of the molecule is CCCCC(C)NC(=O)NC(CC(=O)O)C(=O)O. The van der Waals surface area contributed by atoms with Gasteiger partial charge >= 0.3 is 18.0 Å². The molecular weight excluding hydrogens is 240 g/mol. The van der Waals surface area contributed by atoms with Gasteiger partial charge in [-0.2, -0.15) is 0 Å². The zero-order chi connectivity index (χ0) is 14.1. The second-order valence-electron chi connectivity index (χ2n) is 4.15. The van der Waals surface area contributed by atoms with E-state index in [1.807, 2.05) is 13.8 Å². The van der Waals surface area contributed by atoms with Crippen LogP contribution in [0.5, 0.6) is 0 Å². The summed E-state index contributed by atoms with van der Waals surface area (Å²) in [6.45, 7) is 3.84. The molecule has 104 valence electrons. The van der Waals surface area contributed by atoms with E-state index in [-0.39, 0.29) is 6.04 Å². The topological polar surface area (TPSA) is 116 Å². The van der Waals surface area contributed by atoms with Gasteiger partial charge in [-0.1, -0.05) is 19.8 Å². The predicted molar refractivity (Wildman–Crippen MR) is 64.3 cm³/mol. The van der Waals surface area contributed by atoms with Crippen LogP contribution in [0.15, 0.2) is 0 Å². The van der Waals surface area contributed by atoms with E-state index in [4.69, 9.17) is 10.2 Å². The van der Waals surface area contributed by atoms with Crippen molar-refractivity contribution in [3.05, 3.63) is 0 Å². The normalized spacial score (nSPS) is 13.4. The molecule has 0 heterocycles. The van der Waals surface area contributed by atoms with Crippen molar-refractivity contribution in [2.24, 2.45) is 0 Å². The van der Waals surface area contributed by atoms with Crippen LogP contribution in [0.3, 0.4) is 0 Å². The Hall–Kier alpha value is -1.79. The van der Waals surface area contributed by atoms with Crippen molar-refractivity contribution in [3.8, 4) is 0 Å². The van der Waals surface area contributed by atoms with E-state index in [2.05, 4.69) is 10.6 Å². The number of carboxylic acids is 2. The van der Waals surface area contributed by atoms with Gasteiger partial charge in [0.05, 0.1) is 6.42 Å². The summed E-state index contributed by atoms with van der Waals surface area (Å²) in [5.41, 5.74) is 0. The van der Waals surface area contributed by atoms with Crippen LogP contribution < -0.4 is 10.6 Å². The molecule has 0 aliphatic rings. The lowest BCUT2D eigenvalue weighted by Crippen LogP contribution is -2.49. The van der Waals surface area contributed by atoms with Gasteiger partial charge < -0.3 is 20.8 Å². The van der Waals surface area contributed by atoms with Gasteiger partial charge in [-0.3, -0.25) is 4.79 Å². The zero-order valence-electron chi connectivity index (χ0n) is 10.6. The number of carbonyl (C=O) groups is 3. The molecule has 0 radical (unpaired) electrons. The van der Waals surface area contributed by atoms with Crippen molar-refractivity contribution in [2.45, 2.75) is 51.6 Å². The standard InChI is InChI=1S/C11H20N2O5/c1-3-4-5-7(2)12-11(18)13-8(10(16)17)6-9(14)15/h7-8H,3-6H2,1-2H3,(H,14,15)(H,16,17)(H2,12,13,18). The molecule has 0 aliphatic carbocycles. The largest absolute Gasteiger partial charge is 0.481 e. The van der Waals surface area contributed by atoms with Gasteiger partial charge in [0.25, 0.3) is 0 Å². The molecule has 0 saturated carbocycles. The highest BCUT2D eigenvalue weighted by atomic mass is 16.4. The van der Waals surface area contributed by atoms with E-state index in [9.17, 15) is 14.4 Å². The molecule has 0 rings (SSSR count). The summed E-state index contributed by atoms with van der Waals surface area (Å²) in [5, 5.41) is 21.9. The molecule has 0 aromatic heterocycles. The number of carbonyl (C=O) groups excluding carboxylic acids is 1. The molecule has 0 bridgehead atoms. The van der Waals surface area contributed by atoms with Crippen molar-refractivity contribution in [1.29, 1.82) is 0 Å². The first-order valence-corrected chi connectivity index (χ1v) is 5.88. The van der Waals surface area contributed by atoms with Crippen molar-refractivity contribution in [1.82, 2.24) is 10.6 Å². The first kappa shape index (κ1) is 16.2. The monoisotopic (exact) mass is 260 g/mol. The number of hydrogen-bond acceptors (Lipinski definition) is 3. The minimum Gasteiger partial charge on any atom is -0.481 e. The van der Waals surface area contributed by atoms with E-state index < -0.39 is 30.4 Å². The number of nitrogens with one attached hydrogen (secondary N) is 2. The molecular formula is C11H20N2O5. The lowest BCUT2D eigenvalue weighted by atomic mass is 10.1. The van der Waals surface area contributed by atoms with E-state index >= 15 is 0 Å². The first-order chi connectivity index (χ1) is 8.36. The van der Waals surface area contributed by atoms with Gasteiger partial charge in [0.2, 0.25) is 0 Å². The van der Waals surface area contributed by atoms with Gasteiger partial charge in [-0.25, -0.2) is 9.59 Å². The average molecular weight is 260 g/mol. The van der Waals surface area contributed by atoms with Crippen LogP contribution in [0.2, 0.25) is 0 Å². The average Bonchev–Trinajstić information content (AvgIpc) is 2.24. The van der Waals surface area contributed by atoms with Crippen LogP contribution in [0, 0.1) is 0 Å². The Morgan fingerprint density at radius 2 is 1.78 bits per heavy atom. The lowest BCUT2D eigenvalue weighted by molar-refractivity contribution is -0.145. The Morgan fingerprint density at radius 3 is 2.22 bits per heavy atom. The van der Waals surface area contributed by atoms with Crippen LogP contribution in [0.4, 0.5) is 4.79 Å². The van der Waals surface area contributed by atoms with Crippen LogP contribution in [-0.4, -0.2) is 40.3 Å². The molecule has 2 unspecified atom stereocenters. The highest BCUT2D eigenvalue weighted by molar-refractivity contribution is 5.86. The van der Waals surface area contributed by atoms with Crippen LogP contribution >= 0.6 is 0 Å². The summed E-state index contributed by atoms with van der Waals surface area (Å²) < 4.78 is 0. The fourth-order valence-corrected chi connectivity index (χ4v) is 1.38. The quantitative estimate of drug-likeness (QED) is 0.515. The van der Waals surface area contributed by atoms with Crippen LogP contribution in [0.1, 0.15) is 39.5 Å². The predicted octanol–water partition coefficient (Wildman–Crippen LogP) is 0.792. The number of urea groups is 1. The number of aliphatic carboxylic acids is 2. The maximum absolute atomic E-state index is 11.4. The molecule has 7 nitrogen and oxygen atoms in total. The molecule has 2 atom stereocenters. The Kier molecular flexibility index (Phi) is 7.50. The summed E-state index contributed by atoms with van der Waals surface area (Å²) in [4.78, 5) is 32.6. The third-order valence-corrected chi connectivity index (χ3v) is 2.35. The number of carboxylic acid groups (broad SMARTS) is 2. The molecule has 7 heteroatoms. The third-order valence-electron chi connectivity index (χ3n) is 2.35. The highest BCUT2D eigenvalue weighted by Gasteiger charge is 2.23. The molecule has 0 aromatic carbocycles. The first-order valence-electron chi connectivity index (χ1n) is 5.88. The lowest BCUT2D eigenvalue weighted by Gasteiger charge is -2.17. The number of amides is 2. The second-order valence-corrected chi connectivity index (χ2v) is 4.15. The number of rotatable bonds is 8. The van der Waals surface area contributed by atoms with E-state index in [0.717, 1.165) is 19.3 Å². The summed E-state index contributed by atoms with van der Waals surface area (Å²) >= 11 is 0. The fraction of sp³-hybridized carbons (Fsp3) is 0.727. The zero-order valence-corrected chi connectivity index (χ0v) is 10.6. The van der Waals surface area contributed by atoms with Crippen LogP contribution in [0.25, 0.3) is 0 Å². The Balaban J connectivity index is 4.17. The van der Waals surface area contributed by atoms with Crippen LogP contribution in [-0.2, 0) is 9.59 Å². The van der Waals surface area contributed by atoms with Gasteiger partial charge in [-0.05, 0) is 13.3 Å². The molecule has 18 heavy (non-hydrogen) atoms. The Labute approximate surface area is 106 Å². The summed E-state index contributed by atoms with van der Waals surface area (Å²) in [6, 6.07) is -2.16. The smallest absolute Gasteiger partial charge is 0.326 e. The molecule has 0 spiro atoms. The molecule has 0 aromatic rings. The molecule has 4 N–H and O–H groups in total. The molecule has 0 fully saturated rings. The van der Waals surface area contributed by atoms with Gasteiger partial charge in [0.1, 0.15) is 6.04 Å². The van der Waals surface area contributed by atoms with Gasteiger partial charge in [0.15, 0.2) is 0 Å². The fourth-order valence-electron chi connectivity index (χ4n) is 1.38. The minimum atomic E-state index is -1.42.